The van der Waals surface area contributed by atoms with Gasteiger partial charge in [0.2, 0.25) is 0 Å². The van der Waals surface area contributed by atoms with E-state index in [-0.39, 0.29) is 5.41 Å². The quantitative estimate of drug-likeness (QED) is 0.681. The van der Waals surface area contributed by atoms with Crippen LogP contribution in [0.1, 0.15) is 59.3 Å². The minimum Gasteiger partial charge on any atom is -0.396 e. The minimum absolute atomic E-state index is 0.109. The maximum absolute atomic E-state index is 9.50. The highest BCUT2D eigenvalue weighted by molar-refractivity contribution is 4.96. The first-order valence-electron chi connectivity index (χ1n) is 6.52. The van der Waals surface area contributed by atoms with Gasteiger partial charge < -0.3 is 10.4 Å². The Morgan fingerprint density at radius 1 is 1.20 bits per heavy atom. The Morgan fingerprint density at radius 2 is 1.80 bits per heavy atom. The van der Waals surface area contributed by atoms with E-state index >= 15 is 0 Å². The largest absolute Gasteiger partial charge is 0.396 e. The molecule has 90 valence electrons. The molecule has 1 fully saturated rings. The van der Waals surface area contributed by atoms with E-state index < -0.39 is 0 Å². The van der Waals surface area contributed by atoms with Crippen LogP contribution < -0.4 is 5.32 Å². The van der Waals surface area contributed by atoms with Crippen LogP contribution in [0.4, 0.5) is 0 Å². The van der Waals surface area contributed by atoms with E-state index in [9.17, 15) is 5.11 Å². The molecule has 1 rings (SSSR count). The molecule has 1 aliphatic carbocycles. The predicted octanol–water partition coefficient (Wildman–Crippen LogP) is 2.71. The summed E-state index contributed by atoms with van der Waals surface area (Å²) in [5, 5.41) is 13.2. The Balaban J connectivity index is 2.45. The second-order valence-corrected chi connectivity index (χ2v) is 5.21. The van der Waals surface area contributed by atoms with Crippen molar-refractivity contribution in [2.24, 2.45) is 5.41 Å². The van der Waals surface area contributed by atoms with Gasteiger partial charge in [0.15, 0.2) is 0 Å². The fourth-order valence-corrected chi connectivity index (χ4v) is 2.41. The summed E-state index contributed by atoms with van der Waals surface area (Å²) in [5.41, 5.74) is 0.516. The molecular weight excluding hydrogens is 186 g/mol. The molecular formula is C13H27NO. The monoisotopic (exact) mass is 213 g/mol. The number of nitrogens with one attached hydrogen (secondary N) is 1. The first-order valence-corrected chi connectivity index (χ1v) is 6.52. The van der Waals surface area contributed by atoms with E-state index in [1.165, 1.54) is 25.7 Å². The van der Waals surface area contributed by atoms with Gasteiger partial charge in [-0.25, -0.2) is 0 Å². The summed E-state index contributed by atoms with van der Waals surface area (Å²) in [6.45, 7) is 7.92. The summed E-state index contributed by atoms with van der Waals surface area (Å²) in [4.78, 5) is 0. The molecule has 0 aromatic carbocycles. The molecule has 0 heterocycles. The number of hydrogen-bond donors (Lipinski definition) is 2. The van der Waals surface area contributed by atoms with Gasteiger partial charge in [0.05, 0.1) is 0 Å². The second-order valence-electron chi connectivity index (χ2n) is 5.21. The van der Waals surface area contributed by atoms with E-state index in [4.69, 9.17) is 0 Å². The fourth-order valence-electron chi connectivity index (χ4n) is 2.41. The van der Waals surface area contributed by atoms with Gasteiger partial charge >= 0.3 is 0 Å². The highest BCUT2D eigenvalue weighted by Crippen LogP contribution is 2.36. The fraction of sp³-hybridized carbons (Fsp3) is 1.00. The first-order chi connectivity index (χ1) is 7.16. The van der Waals surface area contributed by atoms with Gasteiger partial charge in [-0.2, -0.15) is 0 Å². The first kappa shape index (κ1) is 13.0. The van der Waals surface area contributed by atoms with Crippen LogP contribution in [0, 0.1) is 5.41 Å². The molecule has 0 aromatic rings. The van der Waals surface area contributed by atoms with Gasteiger partial charge in [0.25, 0.3) is 0 Å². The highest BCUT2D eigenvalue weighted by Gasteiger charge is 2.37. The number of aliphatic hydroxyl groups excluding tert-OH is 1. The van der Waals surface area contributed by atoms with Crippen molar-refractivity contribution in [1.29, 1.82) is 0 Å². The molecule has 0 amide bonds. The number of hydrogen-bond acceptors (Lipinski definition) is 2. The van der Waals surface area contributed by atoms with Gasteiger partial charge in [0.1, 0.15) is 0 Å². The Hall–Kier alpha value is -0.0800. The Bertz CT molecular complexity index is 169. The summed E-state index contributed by atoms with van der Waals surface area (Å²) >= 11 is 0. The molecule has 0 aliphatic heterocycles. The molecule has 2 nitrogen and oxygen atoms in total. The summed E-state index contributed by atoms with van der Waals surface area (Å²) in [6, 6.07) is 0. The van der Waals surface area contributed by atoms with Crippen molar-refractivity contribution in [1.82, 2.24) is 5.32 Å². The van der Waals surface area contributed by atoms with Crippen LogP contribution in [0.2, 0.25) is 0 Å². The Morgan fingerprint density at radius 3 is 2.07 bits per heavy atom. The van der Waals surface area contributed by atoms with Crippen LogP contribution >= 0.6 is 0 Å². The molecule has 0 atom stereocenters. The SMILES string of the molecule is CCC(CC)(CO)CNC1(CC)CCC1. The molecule has 0 spiro atoms. The Kier molecular flexibility index (Phi) is 4.60. The molecule has 2 N–H and O–H groups in total. The molecule has 0 radical (unpaired) electrons. The van der Waals surface area contributed by atoms with Crippen LogP contribution in [-0.2, 0) is 0 Å². The van der Waals surface area contributed by atoms with Gasteiger partial charge in [-0.15, -0.1) is 0 Å². The van der Waals surface area contributed by atoms with Crippen molar-refractivity contribution in [3.05, 3.63) is 0 Å². The molecule has 15 heavy (non-hydrogen) atoms. The summed E-state index contributed by atoms with van der Waals surface area (Å²) in [5.74, 6) is 0. The zero-order valence-corrected chi connectivity index (χ0v) is 10.6. The molecule has 1 saturated carbocycles. The Labute approximate surface area is 94.5 Å². The lowest BCUT2D eigenvalue weighted by atomic mass is 9.73. The van der Waals surface area contributed by atoms with E-state index in [2.05, 4.69) is 26.1 Å². The number of rotatable bonds is 7. The average molecular weight is 213 g/mol. The van der Waals surface area contributed by atoms with E-state index in [1.54, 1.807) is 0 Å². The van der Waals surface area contributed by atoms with Gasteiger partial charge in [0, 0.05) is 24.1 Å². The number of aliphatic hydroxyl groups is 1. The van der Waals surface area contributed by atoms with Crippen LogP contribution in [0.25, 0.3) is 0 Å². The maximum atomic E-state index is 9.50. The summed E-state index contributed by atoms with van der Waals surface area (Å²) in [7, 11) is 0. The lowest BCUT2D eigenvalue weighted by Crippen LogP contribution is -2.54. The molecule has 0 bridgehead atoms. The van der Waals surface area contributed by atoms with Crippen molar-refractivity contribution < 1.29 is 5.11 Å². The zero-order chi connectivity index (χ0) is 11.4. The molecule has 0 unspecified atom stereocenters. The van der Waals surface area contributed by atoms with Crippen LogP contribution in [0.5, 0.6) is 0 Å². The maximum Gasteiger partial charge on any atom is 0.0499 e. The van der Waals surface area contributed by atoms with E-state index in [0.717, 1.165) is 19.4 Å². The third-order valence-corrected chi connectivity index (χ3v) is 4.66. The second kappa shape index (κ2) is 5.31. The third kappa shape index (κ3) is 2.73. The lowest BCUT2D eigenvalue weighted by Gasteiger charge is -2.45. The van der Waals surface area contributed by atoms with Gasteiger partial charge in [-0.1, -0.05) is 20.8 Å². The third-order valence-electron chi connectivity index (χ3n) is 4.66. The predicted molar refractivity (Wildman–Crippen MR) is 65.0 cm³/mol. The smallest absolute Gasteiger partial charge is 0.0499 e. The van der Waals surface area contributed by atoms with Crippen molar-refractivity contribution in [2.45, 2.75) is 64.8 Å². The standard InChI is InChI=1S/C13H27NO/c1-4-12(5-2,11-15)10-14-13(6-3)8-7-9-13/h14-15H,4-11H2,1-3H3. The molecule has 0 aromatic heterocycles. The zero-order valence-electron chi connectivity index (χ0n) is 10.6. The molecule has 0 saturated heterocycles. The van der Waals surface area contributed by atoms with Crippen molar-refractivity contribution in [3.63, 3.8) is 0 Å². The minimum atomic E-state index is 0.109. The average Bonchev–Trinajstić information content (AvgIpc) is 2.24. The van der Waals surface area contributed by atoms with E-state index in [0.29, 0.717) is 12.1 Å². The van der Waals surface area contributed by atoms with Crippen molar-refractivity contribution in [2.75, 3.05) is 13.2 Å². The van der Waals surface area contributed by atoms with Crippen LogP contribution in [-0.4, -0.2) is 23.8 Å². The topological polar surface area (TPSA) is 32.3 Å². The lowest BCUT2D eigenvalue weighted by molar-refractivity contribution is 0.0816. The summed E-state index contributed by atoms with van der Waals surface area (Å²) in [6.07, 6.45) is 7.35. The highest BCUT2D eigenvalue weighted by atomic mass is 16.3. The van der Waals surface area contributed by atoms with Gasteiger partial charge in [-0.3, -0.25) is 0 Å². The van der Waals surface area contributed by atoms with Crippen molar-refractivity contribution in [3.8, 4) is 0 Å². The van der Waals surface area contributed by atoms with E-state index in [1.807, 2.05) is 0 Å². The van der Waals surface area contributed by atoms with Crippen molar-refractivity contribution >= 4 is 0 Å². The molecule has 2 heteroatoms. The molecule has 1 aliphatic rings. The summed E-state index contributed by atoms with van der Waals surface area (Å²) < 4.78 is 0. The van der Waals surface area contributed by atoms with Gasteiger partial charge in [-0.05, 0) is 38.5 Å². The van der Waals surface area contributed by atoms with Crippen LogP contribution in [0.15, 0.2) is 0 Å². The normalized spacial score (nSPS) is 20.0. The van der Waals surface area contributed by atoms with Crippen LogP contribution in [0.3, 0.4) is 0 Å².